The maximum atomic E-state index is 13.5. The van der Waals surface area contributed by atoms with Crippen LogP contribution in [0.4, 0.5) is 15.8 Å². The van der Waals surface area contributed by atoms with Crippen LogP contribution in [-0.2, 0) is 4.74 Å². The average molecular weight is 269 g/mol. The zero-order valence-electron chi connectivity index (χ0n) is 10.6. The van der Waals surface area contributed by atoms with Crippen molar-refractivity contribution in [3.63, 3.8) is 0 Å². The number of ether oxygens (including phenoxy) is 1. The Morgan fingerprint density at radius 1 is 1.63 bits per heavy atom. The molecule has 1 unspecified atom stereocenters. The van der Waals surface area contributed by atoms with Crippen LogP contribution < -0.4 is 10.2 Å². The number of nitrogens with one attached hydrogen (secondary N) is 1. The molecule has 1 N–H and O–H groups in total. The number of rotatable bonds is 4. The highest BCUT2D eigenvalue weighted by Gasteiger charge is 2.24. The molecule has 1 fully saturated rings. The third-order valence-corrected chi connectivity index (χ3v) is 3.04. The lowest BCUT2D eigenvalue weighted by Crippen LogP contribution is -2.44. The number of benzene rings is 1. The number of likely N-dealkylation sites (N-methyl/N-ethyl adjacent to an activating group) is 1. The maximum Gasteiger partial charge on any atom is 0.327 e. The van der Waals surface area contributed by atoms with Gasteiger partial charge in [0.25, 0.3) is 0 Å². The van der Waals surface area contributed by atoms with Crippen molar-refractivity contribution >= 4 is 11.4 Å². The number of anilines is 1. The number of morpholine rings is 1. The first kappa shape index (κ1) is 13.7. The highest BCUT2D eigenvalue weighted by molar-refractivity contribution is 5.63. The fourth-order valence-electron chi connectivity index (χ4n) is 2.13. The molecule has 1 aliphatic rings. The largest absolute Gasteiger partial charge is 0.374 e. The van der Waals surface area contributed by atoms with Gasteiger partial charge in [0.15, 0.2) is 0 Å². The molecular weight excluding hydrogens is 253 g/mol. The number of hydrogen-bond acceptors (Lipinski definition) is 5. The SMILES string of the molecule is CN(CC1CNCCO1)c1cccc(F)c1[N+](=O)[O-]. The fraction of sp³-hybridized carbons (Fsp3) is 0.500. The van der Waals surface area contributed by atoms with Crippen LogP contribution >= 0.6 is 0 Å². The van der Waals surface area contributed by atoms with Gasteiger partial charge in [0.2, 0.25) is 5.82 Å². The summed E-state index contributed by atoms with van der Waals surface area (Å²) in [6.45, 7) is 2.58. The zero-order valence-corrected chi connectivity index (χ0v) is 10.6. The predicted octanol–water partition coefficient (Wildman–Crippen LogP) is 1.16. The molecule has 0 spiro atoms. The second-order valence-corrected chi connectivity index (χ2v) is 4.44. The second-order valence-electron chi connectivity index (χ2n) is 4.44. The molecule has 0 bridgehead atoms. The van der Waals surface area contributed by atoms with Crippen molar-refractivity contribution in [2.45, 2.75) is 6.10 Å². The monoisotopic (exact) mass is 269 g/mol. The van der Waals surface area contributed by atoms with Gasteiger partial charge < -0.3 is 15.0 Å². The van der Waals surface area contributed by atoms with E-state index in [1.807, 2.05) is 0 Å². The number of halogens is 1. The summed E-state index contributed by atoms with van der Waals surface area (Å²) in [5.41, 5.74) is -0.229. The number of para-hydroxylation sites is 1. The quantitative estimate of drug-likeness (QED) is 0.656. The minimum Gasteiger partial charge on any atom is -0.374 e. The molecule has 0 aliphatic carbocycles. The fourth-order valence-corrected chi connectivity index (χ4v) is 2.13. The third-order valence-electron chi connectivity index (χ3n) is 3.04. The van der Waals surface area contributed by atoms with E-state index in [0.29, 0.717) is 19.7 Å². The van der Waals surface area contributed by atoms with Crippen LogP contribution in [-0.4, -0.2) is 44.3 Å². The zero-order chi connectivity index (χ0) is 13.8. The molecule has 2 rings (SSSR count). The molecule has 104 valence electrons. The summed E-state index contributed by atoms with van der Waals surface area (Å²) < 4.78 is 19.1. The normalized spacial score (nSPS) is 19.2. The lowest BCUT2D eigenvalue weighted by atomic mass is 10.2. The molecular formula is C12H16FN3O3. The predicted molar refractivity (Wildman–Crippen MR) is 68.9 cm³/mol. The molecule has 0 radical (unpaired) electrons. The van der Waals surface area contributed by atoms with Gasteiger partial charge in [-0.05, 0) is 12.1 Å². The Bertz CT molecular complexity index is 464. The summed E-state index contributed by atoms with van der Waals surface area (Å²) in [6, 6.07) is 4.10. The molecule has 0 saturated carbocycles. The standard InChI is InChI=1S/C12H16FN3O3/c1-15(8-9-7-14-5-6-19-9)11-4-2-3-10(13)12(11)16(17)18/h2-4,9,14H,5-8H2,1H3. The van der Waals surface area contributed by atoms with Crippen molar-refractivity contribution in [1.82, 2.24) is 5.32 Å². The van der Waals surface area contributed by atoms with Crippen LogP contribution in [0.5, 0.6) is 0 Å². The molecule has 1 aromatic rings. The van der Waals surface area contributed by atoms with Crippen molar-refractivity contribution in [3.8, 4) is 0 Å². The smallest absolute Gasteiger partial charge is 0.327 e. The Kier molecular flexibility index (Phi) is 4.28. The molecule has 0 amide bonds. The number of hydrogen-bond donors (Lipinski definition) is 1. The molecule has 1 atom stereocenters. The Hall–Kier alpha value is -1.73. The molecule has 1 heterocycles. The summed E-state index contributed by atoms with van der Waals surface area (Å²) in [5, 5.41) is 14.1. The molecule has 1 aromatic carbocycles. The van der Waals surface area contributed by atoms with Crippen molar-refractivity contribution < 1.29 is 14.1 Å². The van der Waals surface area contributed by atoms with Crippen LogP contribution in [0.15, 0.2) is 18.2 Å². The van der Waals surface area contributed by atoms with E-state index in [2.05, 4.69) is 5.32 Å². The van der Waals surface area contributed by atoms with Crippen molar-refractivity contribution in [2.75, 3.05) is 38.2 Å². The molecule has 7 heteroatoms. The number of nitrogens with zero attached hydrogens (tertiary/aromatic N) is 2. The Balaban J connectivity index is 2.16. The summed E-state index contributed by atoms with van der Waals surface area (Å²) in [7, 11) is 1.69. The third kappa shape index (κ3) is 3.18. The van der Waals surface area contributed by atoms with Gasteiger partial charge in [0.05, 0.1) is 17.6 Å². The molecule has 0 aromatic heterocycles. The Labute approximate surface area is 110 Å². The highest BCUT2D eigenvalue weighted by atomic mass is 19.1. The van der Waals surface area contributed by atoms with Gasteiger partial charge in [-0.2, -0.15) is 4.39 Å². The van der Waals surface area contributed by atoms with E-state index in [1.165, 1.54) is 12.1 Å². The lowest BCUT2D eigenvalue weighted by molar-refractivity contribution is -0.386. The van der Waals surface area contributed by atoms with E-state index in [1.54, 1.807) is 11.9 Å². The van der Waals surface area contributed by atoms with Gasteiger partial charge >= 0.3 is 5.69 Å². The van der Waals surface area contributed by atoms with E-state index in [0.717, 1.165) is 12.6 Å². The van der Waals surface area contributed by atoms with Crippen molar-refractivity contribution in [2.24, 2.45) is 0 Å². The van der Waals surface area contributed by atoms with Gasteiger partial charge in [0.1, 0.15) is 5.69 Å². The van der Waals surface area contributed by atoms with E-state index in [4.69, 9.17) is 4.74 Å². The van der Waals surface area contributed by atoms with E-state index >= 15 is 0 Å². The van der Waals surface area contributed by atoms with Crippen LogP contribution in [0.2, 0.25) is 0 Å². The Morgan fingerprint density at radius 2 is 2.42 bits per heavy atom. The second kappa shape index (κ2) is 5.94. The summed E-state index contributed by atoms with van der Waals surface area (Å²) in [4.78, 5) is 11.9. The van der Waals surface area contributed by atoms with E-state index < -0.39 is 16.4 Å². The van der Waals surface area contributed by atoms with Crippen LogP contribution in [0.25, 0.3) is 0 Å². The average Bonchev–Trinajstić information content (AvgIpc) is 2.39. The summed E-state index contributed by atoms with van der Waals surface area (Å²) >= 11 is 0. The molecule has 1 aliphatic heterocycles. The van der Waals surface area contributed by atoms with Gasteiger partial charge in [-0.1, -0.05) is 6.07 Å². The molecule has 19 heavy (non-hydrogen) atoms. The first-order valence-electron chi connectivity index (χ1n) is 6.06. The molecule has 6 nitrogen and oxygen atoms in total. The van der Waals surface area contributed by atoms with E-state index in [9.17, 15) is 14.5 Å². The summed E-state index contributed by atoms with van der Waals surface area (Å²) in [6.07, 6.45) is -0.0541. The van der Waals surface area contributed by atoms with Gasteiger partial charge in [-0.25, -0.2) is 0 Å². The Morgan fingerprint density at radius 3 is 3.05 bits per heavy atom. The number of nitro groups is 1. The molecule has 1 saturated heterocycles. The van der Waals surface area contributed by atoms with E-state index in [-0.39, 0.29) is 11.8 Å². The minimum absolute atomic E-state index is 0.0541. The van der Waals surface area contributed by atoms with Crippen LogP contribution in [0.3, 0.4) is 0 Å². The van der Waals surface area contributed by atoms with Crippen LogP contribution in [0.1, 0.15) is 0 Å². The highest BCUT2D eigenvalue weighted by Crippen LogP contribution is 2.30. The maximum absolute atomic E-state index is 13.5. The summed E-state index contributed by atoms with van der Waals surface area (Å²) in [5.74, 6) is -0.822. The minimum atomic E-state index is -0.822. The van der Waals surface area contributed by atoms with Gasteiger partial charge in [0, 0.05) is 26.7 Å². The van der Waals surface area contributed by atoms with Crippen LogP contribution in [0, 0.1) is 15.9 Å². The first-order valence-corrected chi connectivity index (χ1v) is 6.06. The van der Waals surface area contributed by atoms with Crippen molar-refractivity contribution in [1.29, 1.82) is 0 Å². The topological polar surface area (TPSA) is 67.6 Å². The lowest BCUT2D eigenvalue weighted by Gasteiger charge is -2.28. The van der Waals surface area contributed by atoms with Crippen molar-refractivity contribution in [3.05, 3.63) is 34.1 Å². The first-order chi connectivity index (χ1) is 9.09. The van der Waals surface area contributed by atoms with Gasteiger partial charge in [-0.3, -0.25) is 10.1 Å². The van der Waals surface area contributed by atoms with Gasteiger partial charge in [-0.15, -0.1) is 0 Å². The number of nitro benzene ring substituents is 1.